The maximum atomic E-state index is 11.8. The number of carbonyl (C=O) groups excluding carboxylic acids is 1. The van der Waals surface area contributed by atoms with Crippen molar-refractivity contribution in [2.24, 2.45) is 0 Å². The molecule has 0 unspecified atom stereocenters. The van der Waals surface area contributed by atoms with E-state index in [4.69, 9.17) is 21.4 Å². The highest BCUT2D eigenvalue weighted by atomic mass is 32.1. The van der Waals surface area contributed by atoms with Crippen LogP contribution in [0.3, 0.4) is 0 Å². The summed E-state index contributed by atoms with van der Waals surface area (Å²) in [5.74, 6) is 1.15. The number of benzene rings is 2. The average molecular weight is 513 g/mol. The number of ether oxygens (including phenoxy) is 1. The number of hydrogen-bond acceptors (Lipinski definition) is 6. The molecule has 5 rings (SSSR count). The lowest BCUT2D eigenvalue weighted by molar-refractivity contribution is 0.0600. The van der Waals surface area contributed by atoms with E-state index >= 15 is 0 Å². The molecule has 2 aromatic carbocycles. The Hall–Kier alpha value is -4.17. The topological polar surface area (TPSA) is 79.6 Å². The zero-order chi connectivity index (χ0) is 25.6. The van der Waals surface area contributed by atoms with Gasteiger partial charge in [-0.2, -0.15) is 0 Å². The van der Waals surface area contributed by atoms with Crippen molar-refractivity contribution in [1.82, 2.24) is 15.2 Å². The van der Waals surface area contributed by atoms with Gasteiger partial charge in [-0.1, -0.05) is 36.4 Å². The van der Waals surface area contributed by atoms with E-state index in [1.807, 2.05) is 60.7 Å². The molecular formula is C29H28N4O3S. The van der Waals surface area contributed by atoms with Crippen molar-refractivity contribution < 1.29 is 13.9 Å². The quantitative estimate of drug-likeness (QED) is 0.170. The van der Waals surface area contributed by atoms with Crippen molar-refractivity contribution in [3.63, 3.8) is 0 Å². The van der Waals surface area contributed by atoms with Crippen molar-refractivity contribution in [3.05, 3.63) is 108 Å². The van der Waals surface area contributed by atoms with E-state index < -0.39 is 0 Å². The van der Waals surface area contributed by atoms with Crippen LogP contribution < -0.4 is 10.6 Å². The Morgan fingerprint density at radius 1 is 1.05 bits per heavy atom. The summed E-state index contributed by atoms with van der Waals surface area (Å²) in [5.41, 5.74) is 3.37. The van der Waals surface area contributed by atoms with Gasteiger partial charge in [-0.15, -0.1) is 0 Å². The Kier molecular flexibility index (Phi) is 7.46. The molecule has 8 heteroatoms. The molecule has 0 amide bonds. The molecule has 1 fully saturated rings. The Balaban J connectivity index is 1.37. The molecule has 37 heavy (non-hydrogen) atoms. The summed E-state index contributed by atoms with van der Waals surface area (Å²) in [6, 6.07) is 26.9. The fraction of sp³-hybridized carbons (Fsp3) is 0.207. The van der Waals surface area contributed by atoms with Gasteiger partial charge in [0.15, 0.2) is 5.11 Å². The van der Waals surface area contributed by atoms with Crippen LogP contribution >= 0.6 is 12.2 Å². The molecule has 0 radical (unpaired) electrons. The first kappa shape index (κ1) is 24.5. The van der Waals surface area contributed by atoms with Crippen LogP contribution in [-0.2, 0) is 4.74 Å². The number of thiocarbonyl (C=S) groups is 1. The van der Waals surface area contributed by atoms with Gasteiger partial charge in [-0.3, -0.25) is 4.98 Å². The van der Waals surface area contributed by atoms with Gasteiger partial charge in [0, 0.05) is 30.5 Å². The molecule has 1 aliphatic rings. The van der Waals surface area contributed by atoms with Gasteiger partial charge >= 0.3 is 5.97 Å². The number of nitrogens with zero attached hydrogens (tertiary/aromatic N) is 2. The first-order valence-electron chi connectivity index (χ1n) is 12.2. The lowest BCUT2D eigenvalue weighted by Crippen LogP contribution is -2.31. The van der Waals surface area contributed by atoms with E-state index in [9.17, 15) is 4.79 Å². The molecule has 0 aliphatic carbocycles. The number of pyridine rings is 1. The number of anilines is 1. The van der Waals surface area contributed by atoms with Crippen LogP contribution in [0.1, 0.15) is 40.3 Å². The van der Waals surface area contributed by atoms with Crippen molar-refractivity contribution in [2.45, 2.75) is 18.5 Å². The number of para-hydroxylation sites is 1. The van der Waals surface area contributed by atoms with E-state index in [2.05, 4.69) is 32.7 Å². The fourth-order valence-electron chi connectivity index (χ4n) is 4.55. The normalized spacial score (nSPS) is 16.9. The lowest BCUT2D eigenvalue weighted by Gasteiger charge is -2.26. The van der Waals surface area contributed by atoms with E-state index in [1.54, 1.807) is 18.3 Å². The van der Waals surface area contributed by atoms with Gasteiger partial charge in [-0.05, 0) is 67.2 Å². The van der Waals surface area contributed by atoms with Crippen LogP contribution in [0.2, 0.25) is 0 Å². The molecule has 4 aromatic rings. The van der Waals surface area contributed by atoms with E-state index in [-0.39, 0.29) is 18.1 Å². The average Bonchev–Trinajstić information content (AvgIpc) is 3.56. The molecule has 0 bridgehead atoms. The summed E-state index contributed by atoms with van der Waals surface area (Å²) >= 11 is 5.77. The van der Waals surface area contributed by atoms with E-state index in [0.717, 1.165) is 48.0 Å². The number of aromatic nitrogens is 1. The maximum Gasteiger partial charge on any atom is 0.337 e. The highest BCUT2D eigenvalue weighted by Crippen LogP contribution is 2.40. The molecular weight excluding hydrogens is 484 g/mol. The number of rotatable bonds is 9. The highest BCUT2D eigenvalue weighted by molar-refractivity contribution is 7.80. The zero-order valence-electron chi connectivity index (χ0n) is 20.5. The molecule has 2 N–H and O–H groups in total. The third kappa shape index (κ3) is 5.49. The number of furan rings is 1. The van der Waals surface area contributed by atoms with E-state index in [0.29, 0.717) is 10.7 Å². The second-order valence-corrected chi connectivity index (χ2v) is 9.12. The van der Waals surface area contributed by atoms with E-state index in [1.165, 1.54) is 7.11 Å². The monoisotopic (exact) mass is 512 g/mol. The minimum Gasteiger partial charge on any atom is -0.465 e. The molecule has 0 saturated carbocycles. The summed E-state index contributed by atoms with van der Waals surface area (Å²) in [6.07, 6.45) is 2.69. The summed E-state index contributed by atoms with van der Waals surface area (Å²) in [4.78, 5) is 18.6. The number of hydrogen-bond donors (Lipinski definition) is 2. The number of nitrogens with one attached hydrogen (secondary N) is 2. The summed E-state index contributed by atoms with van der Waals surface area (Å²) in [5, 5.41) is 7.61. The van der Waals surface area contributed by atoms with Crippen molar-refractivity contribution in [2.75, 3.05) is 25.5 Å². The molecule has 0 spiro atoms. The molecule has 2 aromatic heterocycles. The first-order chi connectivity index (χ1) is 18.1. The molecule has 188 valence electrons. The van der Waals surface area contributed by atoms with Crippen molar-refractivity contribution >= 4 is 29.0 Å². The Labute approximate surface area is 221 Å². The van der Waals surface area contributed by atoms with Gasteiger partial charge in [0.25, 0.3) is 0 Å². The fourth-order valence-corrected chi connectivity index (χ4v) is 4.88. The Morgan fingerprint density at radius 2 is 1.84 bits per heavy atom. The minimum absolute atomic E-state index is 0.142. The first-order valence-corrected chi connectivity index (χ1v) is 12.6. The van der Waals surface area contributed by atoms with Gasteiger partial charge in [0.05, 0.1) is 24.4 Å². The van der Waals surface area contributed by atoms with Crippen molar-refractivity contribution in [3.8, 4) is 11.3 Å². The molecule has 1 aliphatic heterocycles. The molecule has 3 heterocycles. The molecule has 1 saturated heterocycles. The van der Waals surface area contributed by atoms with Crippen LogP contribution in [0.15, 0.2) is 95.5 Å². The predicted molar refractivity (Wildman–Crippen MR) is 147 cm³/mol. The number of esters is 1. The molecule has 7 nitrogen and oxygen atoms in total. The minimum atomic E-state index is -0.368. The Bertz CT molecular complexity index is 1340. The summed E-state index contributed by atoms with van der Waals surface area (Å²) < 4.78 is 11.2. The maximum absolute atomic E-state index is 11.8. The Morgan fingerprint density at radius 3 is 2.57 bits per heavy atom. The standard InChI is InChI=1S/C29H28N4O3S/c1-35-28(34)21-13-11-20(12-14-21)24-15-16-25(36-24)27-26(23-10-5-6-17-31-23)32-29(37)33(27)19-7-18-30-22-8-3-2-4-9-22/h2-6,8-17,26-27,30H,7,18-19H2,1H3,(H,32,37)/t26-,27-/m0/s1. The van der Waals surface area contributed by atoms with Crippen LogP contribution in [0, 0.1) is 0 Å². The van der Waals surface area contributed by atoms with Gasteiger partial charge in [0.1, 0.15) is 17.6 Å². The van der Waals surface area contributed by atoms with Gasteiger partial charge < -0.3 is 24.7 Å². The second kappa shape index (κ2) is 11.3. The second-order valence-electron chi connectivity index (χ2n) is 8.74. The van der Waals surface area contributed by atoms with Crippen molar-refractivity contribution in [1.29, 1.82) is 0 Å². The zero-order valence-corrected chi connectivity index (χ0v) is 21.3. The smallest absolute Gasteiger partial charge is 0.337 e. The summed E-state index contributed by atoms with van der Waals surface area (Å²) in [6.45, 7) is 1.57. The molecule has 2 atom stereocenters. The van der Waals surface area contributed by atoms with Crippen LogP contribution in [0.5, 0.6) is 0 Å². The van der Waals surface area contributed by atoms with Crippen LogP contribution in [-0.4, -0.2) is 41.2 Å². The van der Waals surface area contributed by atoms with Crippen LogP contribution in [0.4, 0.5) is 5.69 Å². The SMILES string of the molecule is COC(=O)c1ccc(-c2ccc([C@H]3[C@H](c4ccccn4)NC(=S)N3CCCNc3ccccc3)o2)cc1. The number of methoxy groups -OCH3 is 1. The third-order valence-corrected chi connectivity index (χ3v) is 6.74. The van der Waals surface area contributed by atoms with Gasteiger partial charge in [-0.25, -0.2) is 4.79 Å². The third-order valence-electron chi connectivity index (χ3n) is 6.39. The highest BCUT2D eigenvalue weighted by Gasteiger charge is 2.41. The largest absolute Gasteiger partial charge is 0.465 e. The number of carbonyl (C=O) groups is 1. The van der Waals surface area contributed by atoms with Gasteiger partial charge in [0.2, 0.25) is 0 Å². The lowest BCUT2D eigenvalue weighted by atomic mass is 10.0. The predicted octanol–water partition coefficient (Wildman–Crippen LogP) is 5.60. The van der Waals surface area contributed by atoms with Crippen LogP contribution in [0.25, 0.3) is 11.3 Å². The summed E-state index contributed by atoms with van der Waals surface area (Å²) in [7, 11) is 1.37.